The molecule has 4 aromatic rings. The molecule has 1 aromatic heterocycles. The number of carbonyl (C=O) groups is 1. The van der Waals surface area contributed by atoms with E-state index >= 15 is 0 Å². The Bertz CT molecular complexity index is 1110. The maximum absolute atomic E-state index is 10.8. The van der Waals surface area contributed by atoms with Crippen molar-refractivity contribution in [2.24, 2.45) is 0 Å². The molecule has 0 fully saturated rings. The van der Waals surface area contributed by atoms with Gasteiger partial charge in [-0.05, 0) is 46.2 Å². The molecular formula is C22H16N2O2. The predicted molar refractivity (Wildman–Crippen MR) is 103 cm³/mol. The van der Waals surface area contributed by atoms with Crippen molar-refractivity contribution in [1.29, 1.82) is 0 Å². The molecule has 4 rings (SSSR count). The second-order valence-electron chi connectivity index (χ2n) is 5.98. The number of hydrogen-bond acceptors (Lipinski definition) is 2. The average molecular weight is 340 g/mol. The summed E-state index contributed by atoms with van der Waals surface area (Å²) in [6.07, 6.45) is 8.14. The molecule has 3 aromatic carbocycles. The van der Waals surface area contributed by atoms with E-state index in [0.29, 0.717) is 0 Å². The Kier molecular flexibility index (Phi) is 4.07. The molecule has 0 bridgehead atoms. The number of carboxylic acid groups (broad SMARTS) is 1. The van der Waals surface area contributed by atoms with Crippen LogP contribution < -0.4 is 0 Å². The highest BCUT2D eigenvalue weighted by Gasteiger charge is 2.09. The van der Waals surface area contributed by atoms with Crippen molar-refractivity contribution in [3.05, 3.63) is 91.0 Å². The Hall–Kier alpha value is -3.66. The summed E-state index contributed by atoms with van der Waals surface area (Å²) < 4.78 is 1.95. The highest BCUT2D eigenvalue weighted by molar-refractivity contribution is 5.90. The van der Waals surface area contributed by atoms with Crippen LogP contribution in [0.25, 0.3) is 33.7 Å². The van der Waals surface area contributed by atoms with E-state index in [2.05, 4.69) is 35.3 Å². The fourth-order valence-corrected chi connectivity index (χ4v) is 3.04. The van der Waals surface area contributed by atoms with Gasteiger partial charge in [-0.25, -0.2) is 9.78 Å². The fourth-order valence-electron chi connectivity index (χ4n) is 3.04. The van der Waals surface area contributed by atoms with Crippen molar-refractivity contribution in [2.45, 2.75) is 0 Å². The van der Waals surface area contributed by atoms with Crippen LogP contribution in [-0.2, 0) is 4.79 Å². The standard InChI is InChI=1S/C22H16N2O2/c25-22(26)10-6-16-5-9-21(24-12-11-23-15-24)20(13-16)19-8-7-17-3-1-2-4-18(17)14-19/h1-15H,(H,25,26). The smallest absolute Gasteiger partial charge is 0.328 e. The Balaban J connectivity index is 1.90. The summed E-state index contributed by atoms with van der Waals surface area (Å²) >= 11 is 0. The zero-order valence-electron chi connectivity index (χ0n) is 13.9. The van der Waals surface area contributed by atoms with Gasteiger partial charge in [0.2, 0.25) is 0 Å². The summed E-state index contributed by atoms with van der Waals surface area (Å²) in [5.74, 6) is -0.962. The van der Waals surface area contributed by atoms with Gasteiger partial charge < -0.3 is 9.67 Å². The average Bonchev–Trinajstić information content (AvgIpc) is 3.20. The van der Waals surface area contributed by atoms with Gasteiger partial charge >= 0.3 is 5.97 Å². The molecule has 1 heterocycles. The monoisotopic (exact) mass is 340 g/mol. The minimum Gasteiger partial charge on any atom is -0.478 e. The first-order valence-electron chi connectivity index (χ1n) is 8.23. The van der Waals surface area contributed by atoms with Gasteiger partial charge in [-0.1, -0.05) is 42.5 Å². The Morgan fingerprint density at radius 3 is 2.62 bits per heavy atom. The number of aliphatic carboxylic acids is 1. The lowest BCUT2D eigenvalue weighted by Gasteiger charge is -2.13. The third-order valence-electron chi connectivity index (χ3n) is 4.28. The fraction of sp³-hybridized carbons (Fsp3) is 0. The number of fused-ring (bicyclic) bond motifs is 1. The van der Waals surface area contributed by atoms with Gasteiger partial charge in [-0.3, -0.25) is 0 Å². The molecule has 0 aliphatic carbocycles. The van der Waals surface area contributed by atoms with Crippen LogP contribution in [0.4, 0.5) is 0 Å². The molecule has 0 aliphatic heterocycles. The molecule has 4 nitrogen and oxygen atoms in total. The zero-order valence-corrected chi connectivity index (χ0v) is 13.9. The minimum atomic E-state index is -0.962. The van der Waals surface area contributed by atoms with Crippen molar-refractivity contribution in [3.63, 3.8) is 0 Å². The maximum Gasteiger partial charge on any atom is 0.328 e. The minimum absolute atomic E-state index is 0.833. The molecule has 126 valence electrons. The Morgan fingerprint density at radius 2 is 1.85 bits per heavy atom. The topological polar surface area (TPSA) is 55.1 Å². The van der Waals surface area contributed by atoms with Crippen LogP contribution in [0, 0.1) is 0 Å². The van der Waals surface area contributed by atoms with Gasteiger partial charge in [0.15, 0.2) is 0 Å². The van der Waals surface area contributed by atoms with Crippen LogP contribution in [0.3, 0.4) is 0 Å². The number of benzene rings is 3. The van der Waals surface area contributed by atoms with E-state index in [1.807, 2.05) is 41.1 Å². The molecule has 0 spiro atoms. The van der Waals surface area contributed by atoms with E-state index in [-0.39, 0.29) is 0 Å². The van der Waals surface area contributed by atoms with Crippen LogP contribution in [0.1, 0.15) is 5.56 Å². The van der Waals surface area contributed by atoms with E-state index < -0.39 is 5.97 Å². The van der Waals surface area contributed by atoms with Crippen LogP contribution in [0.2, 0.25) is 0 Å². The number of carboxylic acids is 1. The van der Waals surface area contributed by atoms with Crippen LogP contribution in [0.15, 0.2) is 85.5 Å². The van der Waals surface area contributed by atoms with Gasteiger partial charge in [0.1, 0.15) is 0 Å². The Morgan fingerprint density at radius 1 is 1.00 bits per heavy atom. The largest absolute Gasteiger partial charge is 0.478 e. The van der Waals surface area contributed by atoms with Crippen molar-refractivity contribution in [2.75, 3.05) is 0 Å². The summed E-state index contributed by atoms with van der Waals surface area (Å²) in [4.78, 5) is 15.0. The molecular weight excluding hydrogens is 324 g/mol. The van der Waals surface area contributed by atoms with Gasteiger partial charge in [0.25, 0.3) is 0 Å². The van der Waals surface area contributed by atoms with Gasteiger partial charge in [-0.15, -0.1) is 0 Å². The highest BCUT2D eigenvalue weighted by atomic mass is 16.4. The van der Waals surface area contributed by atoms with Crippen LogP contribution in [-0.4, -0.2) is 20.6 Å². The summed E-state index contributed by atoms with van der Waals surface area (Å²) in [7, 11) is 0. The third kappa shape index (κ3) is 3.13. The zero-order chi connectivity index (χ0) is 17.9. The van der Waals surface area contributed by atoms with Crippen LogP contribution >= 0.6 is 0 Å². The molecule has 0 aliphatic rings. The predicted octanol–water partition coefficient (Wildman–Crippen LogP) is 4.79. The lowest BCUT2D eigenvalue weighted by Crippen LogP contribution is -1.95. The molecule has 0 unspecified atom stereocenters. The second-order valence-corrected chi connectivity index (χ2v) is 5.98. The molecule has 0 atom stereocenters. The van der Waals surface area contributed by atoms with Gasteiger partial charge in [-0.2, -0.15) is 0 Å². The van der Waals surface area contributed by atoms with Crippen molar-refractivity contribution in [1.82, 2.24) is 9.55 Å². The summed E-state index contributed by atoms with van der Waals surface area (Å²) in [5.41, 5.74) is 3.91. The van der Waals surface area contributed by atoms with E-state index in [0.717, 1.165) is 33.8 Å². The molecule has 0 saturated heterocycles. The number of rotatable bonds is 4. The first-order valence-corrected chi connectivity index (χ1v) is 8.23. The van der Waals surface area contributed by atoms with Crippen molar-refractivity contribution in [3.8, 4) is 16.8 Å². The molecule has 0 radical (unpaired) electrons. The molecule has 26 heavy (non-hydrogen) atoms. The summed E-state index contributed by atoms with van der Waals surface area (Å²) in [5, 5.41) is 11.2. The van der Waals surface area contributed by atoms with Crippen molar-refractivity contribution >= 4 is 22.8 Å². The van der Waals surface area contributed by atoms with Crippen LogP contribution in [0.5, 0.6) is 0 Å². The molecule has 0 amide bonds. The summed E-state index contributed by atoms with van der Waals surface area (Å²) in [6, 6.07) is 20.4. The van der Waals surface area contributed by atoms with E-state index in [1.165, 1.54) is 5.39 Å². The maximum atomic E-state index is 10.8. The van der Waals surface area contributed by atoms with E-state index in [4.69, 9.17) is 5.11 Å². The van der Waals surface area contributed by atoms with Gasteiger partial charge in [0.05, 0.1) is 12.0 Å². The lowest BCUT2D eigenvalue weighted by atomic mass is 9.97. The first-order chi connectivity index (χ1) is 12.7. The lowest BCUT2D eigenvalue weighted by molar-refractivity contribution is -0.131. The molecule has 4 heteroatoms. The number of nitrogens with zero attached hydrogens (tertiary/aromatic N) is 2. The highest BCUT2D eigenvalue weighted by Crippen LogP contribution is 2.31. The van der Waals surface area contributed by atoms with Gasteiger partial charge in [0, 0.05) is 24.0 Å². The quantitative estimate of drug-likeness (QED) is 0.543. The third-order valence-corrected chi connectivity index (χ3v) is 4.28. The number of aromatic nitrogens is 2. The number of hydrogen-bond donors (Lipinski definition) is 1. The van der Waals surface area contributed by atoms with Crippen molar-refractivity contribution < 1.29 is 9.90 Å². The van der Waals surface area contributed by atoms with E-state index in [9.17, 15) is 4.79 Å². The first kappa shape index (κ1) is 15.8. The molecule has 1 N–H and O–H groups in total. The SMILES string of the molecule is O=C(O)C=Cc1ccc(-n2ccnc2)c(-c2ccc3ccccc3c2)c1. The number of imidazole rings is 1. The summed E-state index contributed by atoms with van der Waals surface area (Å²) in [6.45, 7) is 0. The van der Waals surface area contributed by atoms with E-state index in [1.54, 1.807) is 18.6 Å². The molecule has 0 saturated carbocycles. The Labute approximate surface area is 150 Å². The second kappa shape index (κ2) is 6.69. The normalized spacial score (nSPS) is 11.2.